The SMILES string of the molecule is CCCC(=O)OC(OC(=O)CCC)C(C)=C=O. The number of hydrogen-bond donors (Lipinski definition) is 0. The lowest BCUT2D eigenvalue weighted by molar-refractivity contribution is -0.181. The van der Waals surface area contributed by atoms with Crippen molar-refractivity contribution in [2.24, 2.45) is 0 Å². The highest BCUT2D eigenvalue weighted by molar-refractivity contribution is 5.72. The lowest BCUT2D eigenvalue weighted by atomic mass is 10.3. The quantitative estimate of drug-likeness (QED) is 0.386. The van der Waals surface area contributed by atoms with Gasteiger partial charge >= 0.3 is 11.9 Å². The molecule has 0 amide bonds. The van der Waals surface area contributed by atoms with E-state index in [1.807, 2.05) is 13.8 Å². The fraction of sp³-hybridized carbons (Fsp3) is 0.667. The third kappa shape index (κ3) is 6.53. The summed E-state index contributed by atoms with van der Waals surface area (Å²) in [5, 5.41) is 0. The van der Waals surface area contributed by atoms with Crippen LogP contribution in [0, 0.1) is 0 Å². The Balaban J connectivity index is 4.50. The van der Waals surface area contributed by atoms with Gasteiger partial charge in [-0.15, -0.1) is 0 Å². The van der Waals surface area contributed by atoms with Gasteiger partial charge in [0, 0.05) is 12.8 Å². The van der Waals surface area contributed by atoms with Gasteiger partial charge < -0.3 is 9.47 Å². The van der Waals surface area contributed by atoms with E-state index in [0.29, 0.717) is 12.8 Å². The fourth-order valence-corrected chi connectivity index (χ4v) is 1.01. The molecule has 96 valence electrons. The van der Waals surface area contributed by atoms with Crippen molar-refractivity contribution >= 4 is 17.9 Å². The number of ether oxygens (including phenoxy) is 2. The maximum Gasteiger partial charge on any atom is 0.309 e. The topological polar surface area (TPSA) is 69.7 Å². The van der Waals surface area contributed by atoms with Crippen LogP contribution in [0.4, 0.5) is 0 Å². The summed E-state index contributed by atoms with van der Waals surface area (Å²) in [6, 6.07) is 0. The molecule has 0 aliphatic rings. The fourth-order valence-electron chi connectivity index (χ4n) is 1.01. The second kappa shape index (κ2) is 8.53. The summed E-state index contributed by atoms with van der Waals surface area (Å²) in [5.74, 6) is 0.566. The van der Waals surface area contributed by atoms with Crippen molar-refractivity contribution in [1.29, 1.82) is 0 Å². The van der Waals surface area contributed by atoms with E-state index in [0.717, 1.165) is 0 Å². The van der Waals surface area contributed by atoms with E-state index in [1.165, 1.54) is 6.92 Å². The third-order valence-corrected chi connectivity index (χ3v) is 1.90. The van der Waals surface area contributed by atoms with Crippen molar-refractivity contribution in [3.8, 4) is 0 Å². The van der Waals surface area contributed by atoms with Crippen molar-refractivity contribution in [2.45, 2.75) is 52.7 Å². The Morgan fingerprint density at radius 1 is 1.06 bits per heavy atom. The molecule has 0 aromatic heterocycles. The van der Waals surface area contributed by atoms with E-state index in [4.69, 9.17) is 9.47 Å². The molecule has 0 radical (unpaired) electrons. The Hall–Kier alpha value is -1.61. The molecule has 0 bridgehead atoms. The van der Waals surface area contributed by atoms with E-state index >= 15 is 0 Å². The second-order valence-electron chi connectivity index (χ2n) is 3.60. The first-order chi connectivity index (χ1) is 8.04. The van der Waals surface area contributed by atoms with E-state index in [2.05, 4.69) is 0 Å². The molecule has 0 saturated carbocycles. The molecule has 0 aromatic rings. The molecule has 0 aromatic carbocycles. The van der Waals surface area contributed by atoms with Gasteiger partial charge in [-0.2, -0.15) is 0 Å². The monoisotopic (exact) mass is 242 g/mol. The van der Waals surface area contributed by atoms with Gasteiger partial charge in [-0.05, 0) is 19.8 Å². The molecule has 5 heteroatoms. The molecule has 0 atom stereocenters. The number of carbonyl (C=O) groups excluding carboxylic acids is 3. The summed E-state index contributed by atoms with van der Waals surface area (Å²) in [6.07, 6.45) is 0.434. The van der Waals surface area contributed by atoms with Crippen LogP contribution in [0.15, 0.2) is 5.57 Å². The summed E-state index contributed by atoms with van der Waals surface area (Å²) in [5.41, 5.74) is 0.0407. The predicted molar refractivity (Wildman–Crippen MR) is 60.7 cm³/mol. The van der Waals surface area contributed by atoms with Crippen LogP contribution in [0.3, 0.4) is 0 Å². The average molecular weight is 242 g/mol. The van der Waals surface area contributed by atoms with Gasteiger partial charge in [0.05, 0.1) is 5.57 Å². The lowest BCUT2D eigenvalue weighted by Gasteiger charge is -2.16. The summed E-state index contributed by atoms with van der Waals surface area (Å²) >= 11 is 0. The molecule has 0 saturated heterocycles. The maximum atomic E-state index is 11.3. The van der Waals surface area contributed by atoms with Crippen molar-refractivity contribution in [3.63, 3.8) is 0 Å². The van der Waals surface area contributed by atoms with E-state index in [-0.39, 0.29) is 18.4 Å². The lowest BCUT2D eigenvalue weighted by Crippen LogP contribution is -2.26. The molecule has 0 N–H and O–H groups in total. The Kier molecular flexibility index (Phi) is 7.72. The number of carbonyl (C=O) groups is 2. The van der Waals surface area contributed by atoms with Crippen LogP contribution in [0.1, 0.15) is 46.5 Å². The highest BCUT2D eigenvalue weighted by Crippen LogP contribution is 2.09. The van der Waals surface area contributed by atoms with Gasteiger partial charge in [0.1, 0.15) is 5.94 Å². The zero-order valence-corrected chi connectivity index (χ0v) is 10.4. The summed E-state index contributed by atoms with van der Waals surface area (Å²) < 4.78 is 9.76. The first-order valence-corrected chi connectivity index (χ1v) is 5.65. The van der Waals surface area contributed by atoms with Gasteiger partial charge in [0.25, 0.3) is 6.29 Å². The largest absolute Gasteiger partial charge is 0.420 e. The molecular formula is C12H18O5. The first-order valence-electron chi connectivity index (χ1n) is 5.65. The van der Waals surface area contributed by atoms with Crippen LogP contribution in [0.5, 0.6) is 0 Å². The summed E-state index contributed by atoms with van der Waals surface area (Å²) in [4.78, 5) is 33.0. The van der Waals surface area contributed by atoms with E-state index in [9.17, 15) is 14.4 Å². The minimum Gasteiger partial charge on any atom is -0.420 e. The number of esters is 2. The van der Waals surface area contributed by atoms with Crippen LogP contribution < -0.4 is 0 Å². The van der Waals surface area contributed by atoms with Crippen LogP contribution in [0.25, 0.3) is 0 Å². The molecule has 5 nitrogen and oxygen atoms in total. The normalized spacial score (nSPS) is 9.65. The van der Waals surface area contributed by atoms with E-state index in [1.54, 1.807) is 5.94 Å². The van der Waals surface area contributed by atoms with E-state index < -0.39 is 18.2 Å². The van der Waals surface area contributed by atoms with Gasteiger partial charge in [0.15, 0.2) is 0 Å². The first kappa shape index (κ1) is 15.4. The molecule has 0 aliphatic heterocycles. The zero-order chi connectivity index (χ0) is 13.3. The smallest absolute Gasteiger partial charge is 0.309 e. The Bertz CT molecular complexity index is 295. The predicted octanol–water partition coefficient (Wildman–Crippen LogP) is 1.78. The Morgan fingerprint density at radius 2 is 1.47 bits per heavy atom. The van der Waals surface area contributed by atoms with Gasteiger partial charge in [-0.1, -0.05) is 13.8 Å². The standard InChI is InChI=1S/C12H18O5/c1-4-6-10(14)16-12(9(3)8-13)17-11(15)7-5-2/h12H,4-7H2,1-3H3. The van der Waals surface area contributed by atoms with Crippen LogP contribution in [-0.4, -0.2) is 24.2 Å². The minimum atomic E-state index is -1.24. The van der Waals surface area contributed by atoms with Crippen molar-refractivity contribution in [3.05, 3.63) is 5.57 Å². The molecule has 0 rings (SSSR count). The van der Waals surface area contributed by atoms with Crippen LogP contribution in [0.2, 0.25) is 0 Å². The second-order valence-corrected chi connectivity index (χ2v) is 3.60. The molecular weight excluding hydrogens is 224 g/mol. The van der Waals surface area contributed by atoms with Crippen LogP contribution in [-0.2, 0) is 23.9 Å². The average Bonchev–Trinajstić information content (AvgIpc) is 2.27. The zero-order valence-electron chi connectivity index (χ0n) is 10.4. The molecule has 0 heterocycles. The van der Waals surface area contributed by atoms with Gasteiger partial charge in [0.2, 0.25) is 0 Å². The minimum absolute atomic E-state index is 0.0407. The number of rotatable bonds is 7. The molecule has 0 fully saturated rings. The van der Waals surface area contributed by atoms with Crippen LogP contribution >= 0.6 is 0 Å². The molecule has 0 unspecified atom stereocenters. The molecule has 17 heavy (non-hydrogen) atoms. The highest BCUT2D eigenvalue weighted by atomic mass is 16.7. The Morgan fingerprint density at radius 3 is 1.76 bits per heavy atom. The van der Waals surface area contributed by atoms with Gasteiger partial charge in [-0.25, -0.2) is 4.79 Å². The molecule has 0 spiro atoms. The maximum absolute atomic E-state index is 11.3. The number of hydrogen-bond acceptors (Lipinski definition) is 5. The van der Waals surface area contributed by atoms with Crippen molar-refractivity contribution < 1.29 is 23.9 Å². The van der Waals surface area contributed by atoms with Crippen molar-refractivity contribution in [1.82, 2.24) is 0 Å². The Labute approximate surface area is 101 Å². The highest BCUT2D eigenvalue weighted by Gasteiger charge is 2.21. The third-order valence-electron chi connectivity index (χ3n) is 1.90. The summed E-state index contributed by atoms with van der Waals surface area (Å²) in [6.45, 7) is 5.04. The van der Waals surface area contributed by atoms with Gasteiger partial charge in [-0.3, -0.25) is 9.59 Å². The summed E-state index contributed by atoms with van der Waals surface area (Å²) in [7, 11) is 0. The van der Waals surface area contributed by atoms with Crippen molar-refractivity contribution in [2.75, 3.05) is 0 Å². The molecule has 0 aliphatic carbocycles.